The van der Waals surface area contributed by atoms with Crippen molar-refractivity contribution in [2.24, 2.45) is 0 Å². The van der Waals surface area contributed by atoms with Crippen LogP contribution in [0.25, 0.3) is 0 Å². The number of rotatable bonds is 2. The van der Waals surface area contributed by atoms with E-state index in [1.807, 2.05) is 0 Å². The Balaban J connectivity index is 2.62. The summed E-state index contributed by atoms with van der Waals surface area (Å²) in [4.78, 5) is 0.509. The van der Waals surface area contributed by atoms with E-state index in [2.05, 4.69) is 0 Å². The second kappa shape index (κ2) is 5.82. The molecule has 0 aliphatic carbocycles. The minimum Gasteiger partial charge on any atom is -0.373 e. The van der Waals surface area contributed by atoms with E-state index in [4.69, 9.17) is 17.1 Å². The van der Waals surface area contributed by atoms with E-state index >= 15 is 0 Å². The first-order valence-electron chi connectivity index (χ1n) is 11.0. The van der Waals surface area contributed by atoms with E-state index in [1.54, 1.807) is 20.8 Å². The highest BCUT2D eigenvalue weighted by molar-refractivity contribution is 5.30. The van der Waals surface area contributed by atoms with Gasteiger partial charge in [0, 0.05) is 29.1 Å². The van der Waals surface area contributed by atoms with Crippen LogP contribution in [0.15, 0.2) is 18.2 Å². The lowest BCUT2D eigenvalue weighted by Gasteiger charge is -2.35. The van der Waals surface area contributed by atoms with Crippen molar-refractivity contribution in [1.82, 2.24) is 4.90 Å². The maximum Gasteiger partial charge on any atom is 0.126 e. The molecule has 0 bridgehead atoms. The predicted molar refractivity (Wildman–Crippen MR) is 80.4 cm³/mol. The molecule has 1 heterocycles. The van der Waals surface area contributed by atoms with E-state index in [-0.39, 0.29) is 0 Å². The molecule has 1 fully saturated rings. The van der Waals surface area contributed by atoms with Crippen molar-refractivity contribution < 1.29 is 21.5 Å². The molecule has 112 valence electrons. The number of hydrogen-bond acceptors (Lipinski definition) is 2. The number of benzene rings is 1. The minimum absolute atomic E-state index is 0.315. The number of ether oxygens (including phenoxy) is 1. The molecule has 0 aromatic heterocycles. The van der Waals surface area contributed by atoms with Crippen molar-refractivity contribution in [1.29, 1.82) is 0 Å². The molecule has 0 radical (unpaired) electrons. The van der Waals surface area contributed by atoms with Crippen LogP contribution in [0.1, 0.15) is 58.0 Å². The van der Waals surface area contributed by atoms with Crippen LogP contribution < -0.4 is 0 Å². The standard InChI is InChI=1S/C17H26FNO/c1-12-9-19(10-13(2)20-12)11-14-6-7-16(18)15(8-14)17(3,4)5/h6-8,12-13H,9-11H2,1-5H3/i1D3,9D2,10D2,12D,13D. The van der Waals surface area contributed by atoms with E-state index < -0.39 is 49.8 Å². The fraction of sp³-hybridized carbons (Fsp3) is 0.647. The molecule has 1 aliphatic rings. The molecule has 2 rings (SSSR count). The van der Waals surface area contributed by atoms with Crippen LogP contribution in [0.4, 0.5) is 4.39 Å². The quantitative estimate of drug-likeness (QED) is 0.822. The van der Waals surface area contributed by atoms with Crippen molar-refractivity contribution in [3.8, 4) is 0 Å². The van der Waals surface area contributed by atoms with Crippen LogP contribution in [-0.4, -0.2) is 30.1 Å². The summed E-state index contributed by atoms with van der Waals surface area (Å²) in [5.41, 5.74) is 0.0611. The topological polar surface area (TPSA) is 12.5 Å². The molecule has 0 spiro atoms. The Labute approximate surface area is 134 Å². The molecular formula is C17H26FNO. The first-order valence-corrected chi connectivity index (χ1v) is 6.45. The number of hydrogen-bond donors (Lipinski definition) is 0. The lowest BCUT2D eigenvalue weighted by molar-refractivity contribution is -0.0705. The van der Waals surface area contributed by atoms with E-state index in [9.17, 15) is 4.39 Å². The molecule has 1 aromatic carbocycles. The molecule has 20 heavy (non-hydrogen) atoms. The van der Waals surface area contributed by atoms with Gasteiger partial charge in [-0.2, -0.15) is 0 Å². The molecule has 0 N–H and O–H groups in total. The highest BCUT2D eigenvalue weighted by Gasteiger charge is 2.23. The van der Waals surface area contributed by atoms with Crippen molar-refractivity contribution in [3.05, 3.63) is 35.1 Å². The second-order valence-corrected chi connectivity index (χ2v) is 5.86. The van der Waals surface area contributed by atoms with Crippen LogP contribution in [0.3, 0.4) is 0 Å². The van der Waals surface area contributed by atoms with Gasteiger partial charge in [0.1, 0.15) is 5.82 Å². The third-order valence-electron chi connectivity index (χ3n) is 2.96. The summed E-state index contributed by atoms with van der Waals surface area (Å²) in [6.45, 7) is -3.39. The summed E-state index contributed by atoms with van der Waals surface area (Å²) in [5.74, 6) is -0.475. The van der Waals surface area contributed by atoms with Crippen molar-refractivity contribution in [2.75, 3.05) is 13.0 Å². The SMILES string of the molecule is [2H]C([2H])([2H])C1([2H])OC([2H])(C)C([2H])([2H])N(Cc2ccc(F)c(C(C)(C)C)c2)C1([2H])[2H]. The molecule has 2 atom stereocenters. The molecule has 0 amide bonds. The predicted octanol–water partition coefficient (Wildman–Crippen LogP) is 3.73. The zero-order chi connectivity index (χ0) is 22.8. The monoisotopic (exact) mass is 288 g/mol. The Morgan fingerprint density at radius 1 is 1.45 bits per heavy atom. The summed E-state index contributed by atoms with van der Waals surface area (Å²) >= 11 is 0. The fourth-order valence-electron chi connectivity index (χ4n) is 2.05. The van der Waals surface area contributed by atoms with Crippen molar-refractivity contribution in [2.45, 2.75) is 58.7 Å². The maximum absolute atomic E-state index is 14.2. The Morgan fingerprint density at radius 3 is 2.80 bits per heavy atom. The van der Waals surface area contributed by atoms with Gasteiger partial charge < -0.3 is 4.74 Å². The van der Waals surface area contributed by atoms with Gasteiger partial charge in [0.2, 0.25) is 0 Å². The third-order valence-corrected chi connectivity index (χ3v) is 2.96. The minimum atomic E-state index is -3.30. The molecule has 1 saturated heterocycles. The highest BCUT2D eigenvalue weighted by Crippen LogP contribution is 2.26. The molecule has 1 aliphatic heterocycles. The van der Waals surface area contributed by atoms with Crippen LogP contribution in [0.5, 0.6) is 0 Å². The van der Waals surface area contributed by atoms with Gasteiger partial charge in [-0.3, -0.25) is 4.90 Å². The van der Waals surface area contributed by atoms with E-state index in [1.165, 1.54) is 18.2 Å². The van der Waals surface area contributed by atoms with Gasteiger partial charge in [0.05, 0.1) is 14.9 Å². The maximum atomic E-state index is 14.2. The average Bonchev–Trinajstić information content (AvgIpc) is 2.49. The second-order valence-electron chi connectivity index (χ2n) is 5.86. The largest absolute Gasteiger partial charge is 0.373 e. The van der Waals surface area contributed by atoms with Gasteiger partial charge in [0.25, 0.3) is 0 Å². The van der Waals surface area contributed by atoms with Gasteiger partial charge in [-0.25, -0.2) is 4.39 Å². The zero-order valence-electron chi connectivity index (χ0n) is 21.2. The lowest BCUT2D eigenvalue weighted by atomic mass is 9.85. The van der Waals surface area contributed by atoms with Crippen LogP contribution in [0, 0.1) is 5.82 Å². The molecule has 3 heteroatoms. The zero-order valence-corrected chi connectivity index (χ0v) is 12.2. The summed E-state index contributed by atoms with van der Waals surface area (Å²) in [7, 11) is 0. The first kappa shape index (κ1) is 7.37. The smallest absolute Gasteiger partial charge is 0.126 e. The number of nitrogens with zero attached hydrogens (tertiary/aromatic N) is 1. The molecule has 1 aromatic rings. The Kier molecular flexibility index (Phi) is 2.15. The van der Waals surface area contributed by atoms with Crippen molar-refractivity contribution in [3.63, 3.8) is 0 Å². The Hall–Kier alpha value is -0.930. The average molecular weight is 288 g/mol. The van der Waals surface area contributed by atoms with Gasteiger partial charge in [-0.1, -0.05) is 32.9 Å². The number of halogens is 1. The molecule has 2 nitrogen and oxygen atoms in total. The van der Waals surface area contributed by atoms with Gasteiger partial charge in [-0.05, 0) is 36.4 Å². The first-order chi connectivity index (χ1) is 12.7. The summed E-state index contributed by atoms with van der Waals surface area (Å²) in [5, 5.41) is 0. The molecular weight excluding hydrogens is 253 g/mol. The molecule has 0 saturated carbocycles. The summed E-state index contributed by atoms with van der Waals surface area (Å²) in [6.07, 6.45) is -5.77. The van der Waals surface area contributed by atoms with Crippen LogP contribution in [0.2, 0.25) is 0 Å². The van der Waals surface area contributed by atoms with Gasteiger partial charge >= 0.3 is 0 Å². The van der Waals surface area contributed by atoms with E-state index in [0.717, 1.165) is 6.92 Å². The van der Waals surface area contributed by atoms with Gasteiger partial charge in [0.15, 0.2) is 0 Å². The number of morpholine rings is 1. The highest BCUT2D eigenvalue weighted by atomic mass is 19.1. The Morgan fingerprint density at radius 2 is 2.15 bits per heavy atom. The lowest BCUT2D eigenvalue weighted by Crippen LogP contribution is -2.44. The summed E-state index contributed by atoms with van der Waals surface area (Å²) in [6, 6.07) is 3.98. The third kappa shape index (κ3) is 3.80. The van der Waals surface area contributed by atoms with Crippen LogP contribution in [-0.2, 0) is 16.7 Å². The normalized spacial score (nSPS) is 44.5. The van der Waals surface area contributed by atoms with E-state index in [0.29, 0.717) is 16.0 Å². The molecule has 2 unspecified atom stereocenters. The summed E-state index contributed by atoms with van der Waals surface area (Å²) < 4.78 is 91.6. The van der Waals surface area contributed by atoms with Crippen LogP contribution >= 0.6 is 0 Å². The van der Waals surface area contributed by atoms with Gasteiger partial charge in [-0.15, -0.1) is 0 Å². The fourth-order valence-corrected chi connectivity index (χ4v) is 2.05. The van der Waals surface area contributed by atoms with Crippen molar-refractivity contribution >= 4 is 0 Å². The Bertz CT molecular complexity index is 788.